The van der Waals surface area contributed by atoms with Crippen LogP contribution in [0.1, 0.15) is 32.6 Å². The Labute approximate surface area is 113 Å². The second kappa shape index (κ2) is 5.72. The lowest BCUT2D eigenvalue weighted by molar-refractivity contribution is -0.115. The summed E-state index contributed by atoms with van der Waals surface area (Å²) in [6.07, 6.45) is 4.78. The largest absolute Gasteiger partial charge is 0.324 e. The quantitative estimate of drug-likeness (QED) is 0.879. The Balaban J connectivity index is 1.84. The van der Waals surface area contributed by atoms with Gasteiger partial charge in [0.15, 0.2) is 0 Å². The van der Waals surface area contributed by atoms with Crippen molar-refractivity contribution in [1.82, 2.24) is 5.32 Å². The molecule has 1 fully saturated rings. The van der Waals surface area contributed by atoms with Gasteiger partial charge in [-0.3, -0.25) is 4.79 Å². The first kappa shape index (κ1) is 13.4. The maximum Gasteiger partial charge on any atom is 0.238 e. The zero-order valence-corrected chi connectivity index (χ0v) is 11.4. The lowest BCUT2D eigenvalue weighted by Gasteiger charge is -2.25. The van der Waals surface area contributed by atoms with Gasteiger partial charge in [0, 0.05) is 5.54 Å². The van der Waals surface area contributed by atoms with Crippen LogP contribution in [0.2, 0.25) is 5.02 Å². The van der Waals surface area contributed by atoms with E-state index in [0.29, 0.717) is 17.3 Å². The maximum absolute atomic E-state index is 11.8. The summed E-state index contributed by atoms with van der Waals surface area (Å²) in [6, 6.07) is 7.27. The summed E-state index contributed by atoms with van der Waals surface area (Å²) < 4.78 is 0. The van der Waals surface area contributed by atoms with E-state index in [9.17, 15) is 4.79 Å². The Morgan fingerprint density at radius 3 is 2.67 bits per heavy atom. The average Bonchev–Trinajstić information content (AvgIpc) is 2.77. The lowest BCUT2D eigenvalue weighted by atomic mass is 10.0. The zero-order chi connectivity index (χ0) is 13.0. The third kappa shape index (κ3) is 3.47. The van der Waals surface area contributed by atoms with Crippen LogP contribution in [-0.4, -0.2) is 18.0 Å². The summed E-state index contributed by atoms with van der Waals surface area (Å²) in [5, 5.41) is 6.73. The van der Waals surface area contributed by atoms with Gasteiger partial charge in [-0.2, -0.15) is 0 Å². The lowest BCUT2D eigenvalue weighted by Crippen LogP contribution is -2.43. The zero-order valence-electron chi connectivity index (χ0n) is 10.6. The fourth-order valence-corrected chi connectivity index (χ4v) is 2.57. The number of nitrogens with one attached hydrogen (secondary N) is 2. The highest BCUT2D eigenvalue weighted by Crippen LogP contribution is 2.28. The SMILES string of the molecule is CC1(NCC(=O)Nc2ccccc2Cl)CCCC1. The van der Waals surface area contributed by atoms with E-state index in [1.54, 1.807) is 12.1 Å². The molecule has 0 atom stereocenters. The first-order chi connectivity index (χ1) is 8.59. The van der Waals surface area contributed by atoms with Crippen LogP contribution < -0.4 is 10.6 Å². The molecule has 0 saturated heterocycles. The van der Waals surface area contributed by atoms with Gasteiger partial charge >= 0.3 is 0 Å². The third-order valence-corrected chi connectivity index (χ3v) is 3.86. The van der Waals surface area contributed by atoms with Crippen molar-refractivity contribution in [2.45, 2.75) is 38.1 Å². The van der Waals surface area contributed by atoms with Gasteiger partial charge in [0.25, 0.3) is 0 Å². The van der Waals surface area contributed by atoms with E-state index in [1.165, 1.54) is 12.8 Å². The molecule has 0 aromatic heterocycles. The van der Waals surface area contributed by atoms with Crippen molar-refractivity contribution in [2.24, 2.45) is 0 Å². The van der Waals surface area contributed by atoms with E-state index in [1.807, 2.05) is 12.1 Å². The standard InChI is InChI=1S/C14H19ClN2O/c1-14(8-4-5-9-14)16-10-13(18)17-12-7-3-2-6-11(12)15/h2-3,6-7,16H,4-5,8-10H2,1H3,(H,17,18). The molecule has 1 aliphatic carbocycles. The molecule has 2 N–H and O–H groups in total. The van der Waals surface area contributed by atoms with Crippen molar-refractivity contribution in [3.8, 4) is 0 Å². The van der Waals surface area contributed by atoms with Gasteiger partial charge in [-0.25, -0.2) is 0 Å². The number of anilines is 1. The topological polar surface area (TPSA) is 41.1 Å². The van der Waals surface area contributed by atoms with Crippen molar-refractivity contribution in [3.63, 3.8) is 0 Å². The van der Waals surface area contributed by atoms with Crippen LogP contribution >= 0.6 is 11.6 Å². The van der Waals surface area contributed by atoms with Gasteiger partial charge in [0.2, 0.25) is 5.91 Å². The summed E-state index contributed by atoms with van der Waals surface area (Å²) in [4.78, 5) is 11.8. The minimum absolute atomic E-state index is 0.0452. The maximum atomic E-state index is 11.8. The number of hydrogen-bond acceptors (Lipinski definition) is 2. The van der Waals surface area contributed by atoms with Crippen molar-refractivity contribution in [3.05, 3.63) is 29.3 Å². The summed E-state index contributed by atoms with van der Waals surface area (Å²) in [7, 11) is 0. The van der Waals surface area contributed by atoms with Crippen LogP contribution in [0.15, 0.2) is 24.3 Å². The molecule has 0 spiro atoms. The number of halogens is 1. The van der Waals surface area contributed by atoms with E-state index in [4.69, 9.17) is 11.6 Å². The minimum Gasteiger partial charge on any atom is -0.324 e. The second-order valence-corrected chi connectivity index (χ2v) is 5.56. The first-order valence-electron chi connectivity index (χ1n) is 6.38. The molecule has 98 valence electrons. The monoisotopic (exact) mass is 266 g/mol. The smallest absolute Gasteiger partial charge is 0.238 e. The van der Waals surface area contributed by atoms with Crippen LogP contribution in [0, 0.1) is 0 Å². The predicted octanol–water partition coefficient (Wildman–Crippen LogP) is 3.20. The molecular weight excluding hydrogens is 248 g/mol. The van der Waals surface area contributed by atoms with E-state index in [2.05, 4.69) is 17.6 Å². The number of rotatable bonds is 4. The van der Waals surface area contributed by atoms with E-state index < -0.39 is 0 Å². The van der Waals surface area contributed by atoms with Crippen LogP contribution in [0.5, 0.6) is 0 Å². The van der Waals surface area contributed by atoms with Crippen molar-refractivity contribution < 1.29 is 4.79 Å². The fraction of sp³-hybridized carbons (Fsp3) is 0.500. The Morgan fingerprint density at radius 1 is 1.33 bits per heavy atom. The van der Waals surface area contributed by atoms with Crippen LogP contribution in [0.3, 0.4) is 0 Å². The number of hydrogen-bond donors (Lipinski definition) is 2. The molecule has 0 aliphatic heterocycles. The average molecular weight is 267 g/mol. The van der Waals surface area contributed by atoms with E-state index in [0.717, 1.165) is 12.8 Å². The molecule has 1 amide bonds. The number of carbonyl (C=O) groups is 1. The molecule has 0 bridgehead atoms. The molecule has 0 unspecified atom stereocenters. The van der Waals surface area contributed by atoms with Gasteiger partial charge < -0.3 is 10.6 Å². The predicted molar refractivity (Wildman–Crippen MR) is 75.0 cm³/mol. The highest BCUT2D eigenvalue weighted by Gasteiger charge is 2.28. The Morgan fingerprint density at radius 2 is 2.00 bits per heavy atom. The molecular formula is C14H19ClN2O. The fourth-order valence-electron chi connectivity index (χ4n) is 2.38. The minimum atomic E-state index is -0.0452. The Bertz CT molecular complexity index is 428. The number of para-hydroxylation sites is 1. The third-order valence-electron chi connectivity index (χ3n) is 3.53. The van der Waals surface area contributed by atoms with Crippen LogP contribution in [0.25, 0.3) is 0 Å². The van der Waals surface area contributed by atoms with E-state index >= 15 is 0 Å². The summed E-state index contributed by atoms with van der Waals surface area (Å²) in [6.45, 7) is 2.52. The molecule has 18 heavy (non-hydrogen) atoms. The molecule has 2 rings (SSSR count). The number of benzene rings is 1. The van der Waals surface area contributed by atoms with Gasteiger partial charge in [-0.05, 0) is 31.9 Å². The first-order valence-corrected chi connectivity index (χ1v) is 6.76. The molecule has 1 saturated carbocycles. The molecule has 4 heteroatoms. The summed E-state index contributed by atoms with van der Waals surface area (Å²) in [5.74, 6) is -0.0452. The van der Waals surface area contributed by atoms with Crippen molar-refractivity contribution in [1.29, 1.82) is 0 Å². The van der Waals surface area contributed by atoms with Crippen molar-refractivity contribution >= 4 is 23.2 Å². The molecule has 1 aliphatic rings. The summed E-state index contributed by atoms with van der Waals surface area (Å²) >= 11 is 5.99. The van der Waals surface area contributed by atoms with Gasteiger partial charge in [0.05, 0.1) is 17.3 Å². The number of carbonyl (C=O) groups excluding carboxylic acids is 1. The molecule has 0 heterocycles. The van der Waals surface area contributed by atoms with Gasteiger partial charge in [-0.15, -0.1) is 0 Å². The number of amides is 1. The Hall–Kier alpha value is -1.06. The van der Waals surface area contributed by atoms with Crippen molar-refractivity contribution in [2.75, 3.05) is 11.9 Å². The van der Waals surface area contributed by atoms with E-state index in [-0.39, 0.29) is 11.4 Å². The van der Waals surface area contributed by atoms with Crippen LogP contribution in [-0.2, 0) is 4.79 Å². The highest BCUT2D eigenvalue weighted by atomic mass is 35.5. The second-order valence-electron chi connectivity index (χ2n) is 5.15. The van der Waals surface area contributed by atoms with Gasteiger partial charge in [-0.1, -0.05) is 36.6 Å². The Kier molecular flexibility index (Phi) is 4.25. The molecule has 0 radical (unpaired) electrons. The summed E-state index contributed by atoms with van der Waals surface area (Å²) in [5.41, 5.74) is 0.792. The molecule has 3 nitrogen and oxygen atoms in total. The van der Waals surface area contributed by atoms with Crippen LogP contribution in [0.4, 0.5) is 5.69 Å². The molecule has 1 aromatic carbocycles. The normalized spacial score (nSPS) is 17.7. The highest BCUT2D eigenvalue weighted by molar-refractivity contribution is 6.33. The van der Waals surface area contributed by atoms with Gasteiger partial charge in [0.1, 0.15) is 0 Å². The molecule has 1 aromatic rings.